The first-order chi connectivity index (χ1) is 14.5. The van der Waals surface area contributed by atoms with Crippen LogP contribution < -0.4 is 0 Å². The quantitative estimate of drug-likeness (QED) is 0.501. The normalized spacial score (nSPS) is 10.9. The molecular formula is C23H26N4O3. The van der Waals surface area contributed by atoms with E-state index in [2.05, 4.69) is 28.9 Å². The zero-order valence-corrected chi connectivity index (χ0v) is 17.3. The number of Topliss-reactive ketones (excluding diaryl/α,β-unsaturated/α-hetero) is 1. The predicted molar refractivity (Wildman–Crippen MR) is 114 cm³/mol. The molecule has 3 aromatic rings. The monoisotopic (exact) mass is 406 g/mol. The van der Waals surface area contributed by atoms with E-state index in [1.165, 1.54) is 6.20 Å². The number of aromatic nitrogens is 4. The zero-order chi connectivity index (χ0) is 21.5. The molecule has 1 aromatic carbocycles. The number of carbonyl (C=O) groups is 2. The lowest BCUT2D eigenvalue weighted by Gasteiger charge is -2.08. The van der Waals surface area contributed by atoms with Crippen LogP contribution in [0, 0.1) is 0 Å². The number of ketones is 1. The van der Waals surface area contributed by atoms with Gasteiger partial charge >= 0.3 is 5.97 Å². The van der Waals surface area contributed by atoms with Crippen LogP contribution in [0.5, 0.6) is 0 Å². The molecule has 0 fully saturated rings. The van der Waals surface area contributed by atoms with Crippen LogP contribution in [0.4, 0.5) is 0 Å². The number of hydrogen-bond acceptors (Lipinski definition) is 5. The maximum Gasteiger partial charge on any atom is 0.355 e. The molecule has 2 heterocycles. The molecule has 1 N–H and O–H groups in total. The van der Waals surface area contributed by atoms with Gasteiger partial charge in [0.15, 0.2) is 5.69 Å². The molecule has 0 spiro atoms. The highest BCUT2D eigenvalue weighted by atomic mass is 16.4. The van der Waals surface area contributed by atoms with Crippen LogP contribution in [0.15, 0.2) is 42.6 Å². The van der Waals surface area contributed by atoms with Gasteiger partial charge in [0.1, 0.15) is 5.82 Å². The molecule has 0 atom stereocenters. The number of carboxylic acids is 1. The van der Waals surface area contributed by atoms with Gasteiger partial charge in [0.05, 0.1) is 6.54 Å². The van der Waals surface area contributed by atoms with E-state index in [-0.39, 0.29) is 11.5 Å². The average molecular weight is 406 g/mol. The molecule has 7 nitrogen and oxygen atoms in total. The third kappa shape index (κ3) is 4.97. The number of unbranched alkanes of at least 4 members (excludes halogenated alkanes) is 1. The van der Waals surface area contributed by atoms with Crippen LogP contribution in [-0.4, -0.2) is 36.6 Å². The Morgan fingerprint density at radius 2 is 1.83 bits per heavy atom. The molecule has 2 aromatic heterocycles. The van der Waals surface area contributed by atoms with Gasteiger partial charge in [0, 0.05) is 24.6 Å². The van der Waals surface area contributed by atoms with Gasteiger partial charge in [0.2, 0.25) is 11.6 Å². The number of benzene rings is 1. The fourth-order valence-corrected chi connectivity index (χ4v) is 3.25. The van der Waals surface area contributed by atoms with Crippen molar-refractivity contribution in [2.75, 3.05) is 0 Å². The lowest BCUT2D eigenvalue weighted by atomic mass is 10.0. The standard InChI is InChI=1S/C23H26N4O3/c1-3-5-9-19(28)22-25-20(7-4-2)27(26-22)15-16-10-12-17(13-11-16)18-8-6-14-24-21(18)23(29)30/h6,8,10-14H,3-5,7,9,15H2,1-2H3,(H,29,30). The Morgan fingerprint density at radius 1 is 1.07 bits per heavy atom. The van der Waals surface area contributed by atoms with Gasteiger partial charge in [-0.25, -0.2) is 19.4 Å². The highest BCUT2D eigenvalue weighted by Gasteiger charge is 2.16. The van der Waals surface area contributed by atoms with E-state index in [4.69, 9.17) is 0 Å². The number of rotatable bonds is 10. The number of carboxylic acid groups (broad SMARTS) is 1. The first kappa shape index (κ1) is 21.4. The van der Waals surface area contributed by atoms with Gasteiger partial charge in [0.25, 0.3) is 0 Å². The minimum Gasteiger partial charge on any atom is -0.476 e. The van der Waals surface area contributed by atoms with Crippen molar-refractivity contribution in [3.8, 4) is 11.1 Å². The Morgan fingerprint density at radius 3 is 2.50 bits per heavy atom. The third-order valence-electron chi connectivity index (χ3n) is 4.84. The van der Waals surface area contributed by atoms with Crippen molar-refractivity contribution in [1.82, 2.24) is 19.7 Å². The van der Waals surface area contributed by atoms with E-state index < -0.39 is 5.97 Å². The van der Waals surface area contributed by atoms with Crippen molar-refractivity contribution < 1.29 is 14.7 Å². The van der Waals surface area contributed by atoms with E-state index in [0.717, 1.165) is 42.6 Å². The summed E-state index contributed by atoms with van der Waals surface area (Å²) in [5.41, 5.74) is 2.39. The summed E-state index contributed by atoms with van der Waals surface area (Å²) in [6, 6.07) is 11.1. The second kappa shape index (κ2) is 9.91. The largest absolute Gasteiger partial charge is 0.476 e. The van der Waals surface area contributed by atoms with E-state index in [1.807, 2.05) is 24.3 Å². The highest BCUT2D eigenvalue weighted by Crippen LogP contribution is 2.23. The fraction of sp³-hybridized carbons (Fsp3) is 0.348. The molecule has 156 valence electrons. The lowest BCUT2D eigenvalue weighted by molar-refractivity contribution is 0.0691. The Bertz CT molecular complexity index is 1030. The van der Waals surface area contributed by atoms with Crippen molar-refractivity contribution in [2.45, 2.75) is 52.5 Å². The van der Waals surface area contributed by atoms with E-state index >= 15 is 0 Å². The van der Waals surface area contributed by atoms with Gasteiger partial charge in [-0.3, -0.25) is 4.79 Å². The Labute approximate surface area is 175 Å². The van der Waals surface area contributed by atoms with Gasteiger partial charge in [-0.15, -0.1) is 5.10 Å². The van der Waals surface area contributed by atoms with Crippen molar-refractivity contribution in [2.24, 2.45) is 0 Å². The van der Waals surface area contributed by atoms with Gasteiger partial charge in [-0.2, -0.15) is 0 Å². The maximum absolute atomic E-state index is 12.3. The molecule has 0 radical (unpaired) electrons. The molecule has 0 aliphatic heterocycles. The average Bonchev–Trinajstić information content (AvgIpc) is 3.15. The van der Waals surface area contributed by atoms with Crippen LogP contribution in [0.1, 0.15) is 72.0 Å². The molecule has 7 heteroatoms. The molecule has 3 rings (SSSR count). The molecule has 0 amide bonds. The number of hydrogen-bond donors (Lipinski definition) is 1. The topological polar surface area (TPSA) is 98.0 Å². The summed E-state index contributed by atoms with van der Waals surface area (Å²) in [7, 11) is 0. The number of nitrogens with zero attached hydrogens (tertiary/aromatic N) is 4. The summed E-state index contributed by atoms with van der Waals surface area (Å²) in [5.74, 6) is 0.0367. The molecule has 0 unspecified atom stereocenters. The molecule has 0 aliphatic carbocycles. The fourth-order valence-electron chi connectivity index (χ4n) is 3.25. The van der Waals surface area contributed by atoms with Crippen LogP contribution in [0.2, 0.25) is 0 Å². The summed E-state index contributed by atoms with van der Waals surface area (Å²) < 4.78 is 1.80. The van der Waals surface area contributed by atoms with Crippen molar-refractivity contribution in [3.05, 3.63) is 65.5 Å². The third-order valence-corrected chi connectivity index (χ3v) is 4.84. The summed E-state index contributed by atoms with van der Waals surface area (Å²) in [4.78, 5) is 32.2. The predicted octanol–water partition coefficient (Wildman–Crippen LogP) is 4.41. The number of pyridine rings is 1. The zero-order valence-electron chi connectivity index (χ0n) is 17.3. The van der Waals surface area contributed by atoms with Crippen molar-refractivity contribution in [1.29, 1.82) is 0 Å². The second-order valence-electron chi connectivity index (χ2n) is 7.19. The minimum absolute atomic E-state index is 0.0129. The van der Waals surface area contributed by atoms with E-state index in [1.54, 1.807) is 16.8 Å². The van der Waals surface area contributed by atoms with E-state index in [0.29, 0.717) is 24.4 Å². The van der Waals surface area contributed by atoms with Gasteiger partial charge in [-0.05, 0) is 30.0 Å². The van der Waals surface area contributed by atoms with Crippen molar-refractivity contribution in [3.63, 3.8) is 0 Å². The molecule has 0 saturated carbocycles. The number of aryl methyl sites for hydroxylation is 1. The summed E-state index contributed by atoms with van der Waals surface area (Å²) in [6.07, 6.45) is 5.41. The van der Waals surface area contributed by atoms with Crippen LogP contribution in [0.3, 0.4) is 0 Å². The Hall–Kier alpha value is -3.35. The van der Waals surface area contributed by atoms with Crippen LogP contribution in [-0.2, 0) is 13.0 Å². The first-order valence-corrected chi connectivity index (χ1v) is 10.3. The molecule has 30 heavy (non-hydrogen) atoms. The van der Waals surface area contributed by atoms with Gasteiger partial charge < -0.3 is 5.11 Å². The van der Waals surface area contributed by atoms with Crippen LogP contribution in [0.25, 0.3) is 11.1 Å². The number of carbonyl (C=O) groups excluding carboxylic acids is 1. The molecule has 0 aliphatic rings. The molecular weight excluding hydrogens is 380 g/mol. The van der Waals surface area contributed by atoms with Crippen molar-refractivity contribution >= 4 is 11.8 Å². The first-order valence-electron chi connectivity index (χ1n) is 10.3. The maximum atomic E-state index is 12.3. The van der Waals surface area contributed by atoms with Gasteiger partial charge in [-0.1, -0.05) is 50.6 Å². The summed E-state index contributed by atoms with van der Waals surface area (Å²) in [5, 5.41) is 13.8. The highest BCUT2D eigenvalue weighted by molar-refractivity contribution is 5.94. The molecule has 0 bridgehead atoms. The summed E-state index contributed by atoms with van der Waals surface area (Å²) >= 11 is 0. The smallest absolute Gasteiger partial charge is 0.355 e. The van der Waals surface area contributed by atoms with E-state index in [9.17, 15) is 14.7 Å². The minimum atomic E-state index is -1.05. The Balaban J connectivity index is 1.82. The molecule has 0 saturated heterocycles. The van der Waals surface area contributed by atoms with Crippen LogP contribution >= 0.6 is 0 Å². The summed E-state index contributed by atoms with van der Waals surface area (Å²) in [6.45, 7) is 4.62. The Kier molecular flexibility index (Phi) is 7.06. The second-order valence-corrected chi connectivity index (χ2v) is 7.19. The lowest BCUT2D eigenvalue weighted by Crippen LogP contribution is -2.08. The SMILES string of the molecule is CCCCC(=O)c1nc(CCC)n(Cc2ccc(-c3cccnc3C(=O)O)cc2)n1. The number of aromatic carboxylic acids is 1.